The second kappa shape index (κ2) is 6.12. The van der Waals surface area contributed by atoms with Crippen LogP contribution in [0.25, 0.3) is 11.2 Å². The molecule has 8 heteroatoms. The van der Waals surface area contributed by atoms with Gasteiger partial charge in [-0.15, -0.1) is 0 Å². The van der Waals surface area contributed by atoms with Crippen LogP contribution in [0.2, 0.25) is 0 Å². The van der Waals surface area contributed by atoms with Gasteiger partial charge in [-0.1, -0.05) is 0 Å². The minimum absolute atomic E-state index is 0.0567. The Hall–Kier alpha value is -3.03. The van der Waals surface area contributed by atoms with Gasteiger partial charge in [0.2, 0.25) is 5.95 Å². The first kappa shape index (κ1) is 15.5. The third-order valence-electron chi connectivity index (χ3n) is 4.73. The van der Waals surface area contributed by atoms with Crippen molar-refractivity contribution in [1.29, 1.82) is 0 Å². The lowest BCUT2D eigenvalue weighted by Crippen LogP contribution is -2.45. The lowest BCUT2D eigenvalue weighted by Gasteiger charge is -2.33. The first-order valence-corrected chi connectivity index (χ1v) is 8.25. The van der Waals surface area contributed by atoms with E-state index in [9.17, 15) is 9.59 Å². The molecule has 0 amide bonds. The number of anilines is 1. The van der Waals surface area contributed by atoms with Crippen molar-refractivity contribution in [3.8, 4) is 0 Å². The van der Waals surface area contributed by atoms with Crippen LogP contribution in [0.15, 0.2) is 46.4 Å². The number of aryl methyl sites for hydroxylation is 1. The summed E-state index contributed by atoms with van der Waals surface area (Å²) in [6.07, 6.45) is 6.55. The monoisotopic (exact) mass is 338 g/mol. The van der Waals surface area contributed by atoms with Crippen molar-refractivity contribution in [3.63, 3.8) is 0 Å². The molecule has 128 valence electrons. The molecule has 25 heavy (non-hydrogen) atoms. The van der Waals surface area contributed by atoms with Crippen LogP contribution < -0.4 is 16.0 Å². The number of fused-ring (bicyclic) bond motifs is 1. The van der Waals surface area contributed by atoms with Crippen molar-refractivity contribution in [2.45, 2.75) is 18.9 Å². The van der Waals surface area contributed by atoms with Gasteiger partial charge in [-0.2, -0.15) is 0 Å². The zero-order valence-corrected chi connectivity index (χ0v) is 13.9. The Labute approximate surface area is 143 Å². The Bertz CT molecular complexity index is 1020. The molecule has 1 aliphatic heterocycles. The van der Waals surface area contributed by atoms with Gasteiger partial charge in [0.1, 0.15) is 0 Å². The SMILES string of the molecule is Cn1c(=O)c(=O)n(C2CCN(c3ncccn3)CC2)c2ncccc21. The first-order chi connectivity index (χ1) is 12.2. The molecule has 1 aliphatic rings. The summed E-state index contributed by atoms with van der Waals surface area (Å²) in [5.74, 6) is 0.695. The molecule has 0 radical (unpaired) electrons. The fourth-order valence-corrected chi connectivity index (χ4v) is 3.41. The summed E-state index contributed by atoms with van der Waals surface area (Å²) in [5, 5.41) is 0. The number of aromatic nitrogens is 5. The highest BCUT2D eigenvalue weighted by Crippen LogP contribution is 2.25. The van der Waals surface area contributed by atoms with Gasteiger partial charge in [0.15, 0.2) is 5.65 Å². The van der Waals surface area contributed by atoms with E-state index in [0.29, 0.717) is 17.1 Å². The number of piperidine rings is 1. The van der Waals surface area contributed by atoms with E-state index in [2.05, 4.69) is 19.9 Å². The van der Waals surface area contributed by atoms with Crippen molar-refractivity contribution in [2.24, 2.45) is 7.05 Å². The van der Waals surface area contributed by atoms with E-state index in [0.717, 1.165) is 25.9 Å². The van der Waals surface area contributed by atoms with Gasteiger partial charge in [0.05, 0.1) is 5.52 Å². The van der Waals surface area contributed by atoms with Gasteiger partial charge < -0.3 is 9.47 Å². The Morgan fingerprint density at radius 3 is 2.36 bits per heavy atom. The predicted octanol–water partition coefficient (Wildman–Crippen LogP) is 0.727. The van der Waals surface area contributed by atoms with E-state index in [4.69, 9.17) is 0 Å². The molecule has 0 bridgehead atoms. The summed E-state index contributed by atoms with van der Waals surface area (Å²) >= 11 is 0. The molecule has 0 aliphatic carbocycles. The zero-order valence-electron chi connectivity index (χ0n) is 13.9. The third-order valence-corrected chi connectivity index (χ3v) is 4.73. The second-order valence-corrected chi connectivity index (χ2v) is 6.15. The molecule has 0 unspecified atom stereocenters. The zero-order chi connectivity index (χ0) is 17.4. The minimum atomic E-state index is -0.519. The van der Waals surface area contributed by atoms with Gasteiger partial charge >= 0.3 is 11.1 Å². The Kier molecular flexibility index (Phi) is 3.79. The van der Waals surface area contributed by atoms with Crippen molar-refractivity contribution < 1.29 is 0 Å². The Balaban J connectivity index is 1.70. The van der Waals surface area contributed by atoms with Gasteiger partial charge in [-0.05, 0) is 31.0 Å². The average molecular weight is 338 g/mol. The maximum absolute atomic E-state index is 12.6. The molecule has 0 atom stereocenters. The van der Waals surface area contributed by atoms with E-state index in [1.165, 1.54) is 4.57 Å². The summed E-state index contributed by atoms with van der Waals surface area (Å²) in [6, 6.07) is 5.31. The van der Waals surface area contributed by atoms with E-state index in [1.54, 1.807) is 42.3 Å². The highest BCUT2D eigenvalue weighted by Gasteiger charge is 2.25. The normalized spacial score (nSPS) is 15.6. The maximum Gasteiger partial charge on any atom is 0.318 e. The molecule has 0 N–H and O–H groups in total. The standard InChI is InChI=1S/C17H18N6O2/c1-21-13-4-2-7-18-14(13)23(16(25)15(21)24)12-5-10-22(11-6-12)17-19-8-3-9-20-17/h2-4,7-9,12H,5-6,10-11H2,1H3. The molecule has 4 rings (SSSR count). The van der Waals surface area contributed by atoms with Crippen LogP contribution in [-0.2, 0) is 7.05 Å². The molecule has 3 aromatic heterocycles. The lowest BCUT2D eigenvalue weighted by molar-refractivity contribution is 0.389. The highest BCUT2D eigenvalue weighted by atomic mass is 16.2. The molecule has 0 spiro atoms. The first-order valence-electron chi connectivity index (χ1n) is 8.25. The van der Waals surface area contributed by atoms with E-state index < -0.39 is 11.1 Å². The summed E-state index contributed by atoms with van der Waals surface area (Å²) in [7, 11) is 1.60. The summed E-state index contributed by atoms with van der Waals surface area (Å²) in [4.78, 5) is 39.9. The van der Waals surface area contributed by atoms with Crippen molar-refractivity contribution in [1.82, 2.24) is 24.1 Å². The van der Waals surface area contributed by atoms with Crippen LogP contribution in [0, 0.1) is 0 Å². The number of hydrogen-bond donors (Lipinski definition) is 0. The summed E-state index contributed by atoms with van der Waals surface area (Å²) in [6.45, 7) is 1.45. The highest BCUT2D eigenvalue weighted by molar-refractivity contribution is 5.70. The molecule has 0 saturated carbocycles. The van der Waals surface area contributed by atoms with Crippen LogP contribution >= 0.6 is 0 Å². The van der Waals surface area contributed by atoms with Gasteiger partial charge in [0.25, 0.3) is 0 Å². The number of nitrogens with zero attached hydrogens (tertiary/aromatic N) is 6. The smallest absolute Gasteiger partial charge is 0.318 e. The summed E-state index contributed by atoms with van der Waals surface area (Å²) < 4.78 is 2.94. The number of pyridine rings is 1. The van der Waals surface area contributed by atoms with Crippen LogP contribution in [0.3, 0.4) is 0 Å². The van der Waals surface area contributed by atoms with Crippen molar-refractivity contribution in [3.05, 3.63) is 57.5 Å². The van der Waals surface area contributed by atoms with Gasteiger partial charge in [-0.25, -0.2) is 15.0 Å². The molecule has 1 fully saturated rings. The third kappa shape index (κ3) is 2.59. The fourth-order valence-electron chi connectivity index (χ4n) is 3.41. The molecule has 0 aromatic carbocycles. The van der Waals surface area contributed by atoms with E-state index in [1.807, 2.05) is 6.07 Å². The molecular formula is C17H18N6O2. The molecule has 1 saturated heterocycles. The molecule has 4 heterocycles. The van der Waals surface area contributed by atoms with Crippen molar-refractivity contribution >= 4 is 17.1 Å². The molecule has 3 aromatic rings. The predicted molar refractivity (Wildman–Crippen MR) is 93.8 cm³/mol. The van der Waals surface area contributed by atoms with Crippen LogP contribution in [0.5, 0.6) is 0 Å². The van der Waals surface area contributed by atoms with E-state index >= 15 is 0 Å². The van der Waals surface area contributed by atoms with Gasteiger partial charge in [-0.3, -0.25) is 14.2 Å². The minimum Gasteiger partial charge on any atom is -0.341 e. The van der Waals surface area contributed by atoms with Crippen LogP contribution in [-0.4, -0.2) is 37.2 Å². The summed E-state index contributed by atoms with van der Waals surface area (Å²) in [5.41, 5.74) is 0.197. The number of rotatable bonds is 2. The topological polar surface area (TPSA) is 85.9 Å². The largest absolute Gasteiger partial charge is 0.341 e. The van der Waals surface area contributed by atoms with Crippen molar-refractivity contribution in [2.75, 3.05) is 18.0 Å². The maximum atomic E-state index is 12.6. The lowest BCUT2D eigenvalue weighted by atomic mass is 10.0. The molecule has 8 nitrogen and oxygen atoms in total. The Morgan fingerprint density at radius 2 is 1.64 bits per heavy atom. The fraction of sp³-hybridized carbons (Fsp3) is 0.353. The second-order valence-electron chi connectivity index (χ2n) is 6.15. The Morgan fingerprint density at radius 1 is 0.960 bits per heavy atom. The number of hydrogen-bond acceptors (Lipinski definition) is 6. The van der Waals surface area contributed by atoms with E-state index in [-0.39, 0.29) is 6.04 Å². The molecular weight excluding hydrogens is 320 g/mol. The van der Waals surface area contributed by atoms with Crippen LogP contribution in [0.4, 0.5) is 5.95 Å². The van der Waals surface area contributed by atoms with Crippen LogP contribution in [0.1, 0.15) is 18.9 Å². The quantitative estimate of drug-likeness (QED) is 0.640. The average Bonchev–Trinajstić information content (AvgIpc) is 2.68. The van der Waals surface area contributed by atoms with Gasteiger partial charge in [0, 0.05) is 44.8 Å².